The summed E-state index contributed by atoms with van der Waals surface area (Å²) in [6.45, 7) is 22.7. The maximum Gasteiger partial charge on any atom is -0.0104 e. The molecule has 0 bridgehead atoms. The Hall–Kier alpha value is -2.86. The summed E-state index contributed by atoms with van der Waals surface area (Å²) in [5.74, 6) is 0. The van der Waals surface area contributed by atoms with Crippen molar-refractivity contribution in [2.24, 2.45) is 10.8 Å². The van der Waals surface area contributed by atoms with E-state index in [0.717, 1.165) is 0 Å². The summed E-state index contributed by atoms with van der Waals surface area (Å²) in [6.07, 6.45) is 38.4. The fourth-order valence-corrected chi connectivity index (χ4v) is 5.79. The molecule has 216 valence electrons. The third kappa shape index (κ3) is 11.3. The summed E-state index contributed by atoms with van der Waals surface area (Å²) in [6, 6.07) is 0. The van der Waals surface area contributed by atoms with Crippen LogP contribution in [-0.4, -0.2) is 0 Å². The highest BCUT2D eigenvalue weighted by Crippen LogP contribution is 2.41. The molecule has 0 saturated carbocycles. The molecule has 0 spiro atoms. The predicted molar refractivity (Wildman–Crippen MR) is 181 cm³/mol. The lowest BCUT2D eigenvalue weighted by molar-refractivity contribution is 0.376. The van der Waals surface area contributed by atoms with Gasteiger partial charge in [0.15, 0.2) is 0 Å². The van der Waals surface area contributed by atoms with Gasteiger partial charge in [0.05, 0.1) is 0 Å². The van der Waals surface area contributed by atoms with E-state index < -0.39 is 0 Å². The zero-order valence-electron chi connectivity index (χ0n) is 27.3. The molecule has 0 aromatic heterocycles. The third-order valence-corrected chi connectivity index (χ3v) is 8.38. The summed E-state index contributed by atoms with van der Waals surface area (Å²) >= 11 is 0. The van der Waals surface area contributed by atoms with Gasteiger partial charge in [0.2, 0.25) is 0 Å². The van der Waals surface area contributed by atoms with E-state index in [1.165, 1.54) is 72.0 Å². The Balaban J connectivity index is 1.89. The highest BCUT2D eigenvalue weighted by Gasteiger charge is 2.27. The minimum atomic E-state index is 0.291. The average molecular weight is 537 g/mol. The molecule has 0 saturated heterocycles. The maximum atomic E-state index is 2.37. The SMILES string of the molecule is CC1=C(\C=C/C(C)=C/C=C/C(C)=C/C=C/C=C(C)\C=C\C=C(C)/C=C/C2=C(C)CCCC2(C)C)C(C)(C)CCC1. The molecule has 0 unspecified atom stereocenters. The minimum absolute atomic E-state index is 0.291. The van der Waals surface area contributed by atoms with Crippen LogP contribution in [0.5, 0.6) is 0 Å². The normalized spacial score (nSPS) is 21.9. The van der Waals surface area contributed by atoms with Crippen molar-refractivity contribution in [1.29, 1.82) is 0 Å². The molecular formula is C40H56. The second kappa shape index (κ2) is 15.8. The Kier molecular flexibility index (Phi) is 13.2. The Morgan fingerprint density at radius 3 is 1.18 bits per heavy atom. The molecule has 0 nitrogen and oxygen atoms in total. The second-order valence-corrected chi connectivity index (χ2v) is 13.3. The van der Waals surface area contributed by atoms with E-state index in [1.54, 1.807) is 11.1 Å². The first-order valence-corrected chi connectivity index (χ1v) is 15.3. The van der Waals surface area contributed by atoms with Crippen LogP contribution >= 0.6 is 0 Å². The van der Waals surface area contributed by atoms with Gasteiger partial charge in [-0.15, -0.1) is 0 Å². The summed E-state index contributed by atoms with van der Waals surface area (Å²) in [4.78, 5) is 0. The largest absolute Gasteiger partial charge is 0.0696 e. The zero-order valence-corrected chi connectivity index (χ0v) is 27.3. The van der Waals surface area contributed by atoms with E-state index >= 15 is 0 Å². The van der Waals surface area contributed by atoms with Crippen LogP contribution in [0.4, 0.5) is 0 Å². The van der Waals surface area contributed by atoms with Crippen LogP contribution in [0.15, 0.2) is 130 Å². The van der Waals surface area contributed by atoms with E-state index in [1.807, 2.05) is 0 Å². The molecule has 0 atom stereocenters. The molecule has 0 aromatic rings. The second-order valence-electron chi connectivity index (χ2n) is 13.3. The Bertz CT molecular complexity index is 1120. The quantitative estimate of drug-likeness (QED) is 0.244. The van der Waals surface area contributed by atoms with Crippen LogP contribution in [0.25, 0.3) is 0 Å². The number of allylic oxidation sites excluding steroid dienone is 22. The van der Waals surface area contributed by atoms with Gasteiger partial charge in [0.25, 0.3) is 0 Å². The van der Waals surface area contributed by atoms with Gasteiger partial charge in [0, 0.05) is 0 Å². The van der Waals surface area contributed by atoms with Gasteiger partial charge in [-0.3, -0.25) is 0 Å². The van der Waals surface area contributed by atoms with E-state index in [-0.39, 0.29) is 0 Å². The average Bonchev–Trinajstić information content (AvgIpc) is 2.85. The molecule has 0 radical (unpaired) electrons. The van der Waals surface area contributed by atoms with E-state index in [0.29, 0.717) is 10.8 Å². The molecule has 0 fully saturated rings. The van der Waals surface area contributed by atoms with Crippen molar-refractivity contribution < 1.29 is 0 Å². The van der Waals surface area contributed by atoms with Gasteiger partial charge in [-0.05, 0) is 102 Å². The van der Waals surface area contributed by atoms with Crippen LogP contribution < -0.4 is 0 Å². The lowest BCUT2D eigenvalue weighted by Gasteiger charge is -2.33. The smallest absolute Gasteiger partial charge is 0.0104 e. The van der Waals surface area contributed by atoms with Crippen molar-refractivity contribution in [2.45, 2.75) is 108 Å². The van der Waals surface area contributed by atoms with Crippen molar-refractivity contribution in [3.63, 3.8) is 0 Å². The maximum absolute atomic E-state index is 2.37. The Morgan fingerprint density at radius 2 is 0.825 bits per heavy atom. The molecule has 0 heterocycles. The molecule has 0 aromatic carbocycles. The molecule has 0 aliphatic heterocycles. The monoisotopic (exact) mass is 536 g/mol. The fraction of sp³-hybridized carbons (Fsp3) is 0.450. The standard InChI is InChI=1S/C40H56/c1-31(19-13-21-33(3)25-27-37-35(5)23-15-29-39(37,7)8)17-11-12-18-32(2)20-14-22-34(4)26-28-38-36(6)24-16-30-40(38,9)10/h11-14,17-22,25-28H,15-16,23-24,29-30H2,1-10H3/b12-11+,19-13+,20-14+,27-25-,28-26+,31-17+,32-18-,33-21+,34-22-. The van der Waals surface area contributed by atoms with Gasteiger partial charge in [0.1, 0.15) is 0 Å². The number of hydrogen-bond acceptors (Lipinski definition) is 0. The zero-order chi connectivity index (χ0) is 29.8. The van der Waals surface area contributed by atoms with Crippen LogP contribution in [0.2, 0.25) is 0 Å². The molecule has 0 N–H and O–H groups in total. The predicted octanol–water partition coefficient (Wildman–Crippen LogP) is 12.6. The topological polar surface area (TPSA) is 0 Å². The summed E-state index contributed by atoms with van der Waals surface area (Å²) in [5.41, 5.74) is 11.7. The fourth-order valence-electron chi connectivity index (χ4n) is 5.79. The lowest BCUT2D eigenvalue weighted by atomic mass is 9.72. The van der Waals surface area contributed by atoms with E-state index in [4.69, 9.17) is 0 Å². The lowest BCUT2D eigenvalue weighted by Crippen LogP contribution is -2.19. The first-order valence-electron chi connectivity index (χ1n) is 15.3. The third-order valence-electron chi connectivity index (χ3n) is 8.38. The molecule has 40 heavy (non-hydrogen) atoms. The summed E-state index contributed by atoms with van der Waals surface area (Å²) in [7, 11) is 0. The molecule has 2 aliphatic rings. The van der Waals surface area contributed by atoms with Crippen molar-refractivity contribution >= 4 is 0 Å². The van der Waals surface area contributed by atoms with Crippen LogP contribution in [0, 0.1) is 10.8 Å². The van der Waals surface area contributed by atoms with Crippen molar-refractivity contribution in [3.05, 3.63) is 130 Å². The van der Waals surface area contributed by atoms with Crippen LogP contribution in [0.1, 0.15) is 108 Å². The van der Waals surface area contributed by atoms with E-state index in [2.05, 4.69) is 154 Å². The molecule has 0 heteroatoms. The molecule has 2 rings (SSSR count). The highest BCUT2D eigenvalue weighted by molar-refractivity contribution is 5.39. The van der Waals surface area contributed by atoms with Gasteiger partial charge in [-0.1, -0.05) is 146 Å². The van der Waals surface area contributed by atoms with Crippen molar-refractivity contribution in [1.82, 2.24) is 0 Å². The van der Waals surface area contributed by atoms with Gasteiger partial charge < -0.3 is 0 Å². The van der Waals surface area contributed by atoms with Gasteiger partial charge >= 0.3 is 0 Å². The Labute approximate surface area is 247 Å². The minimum Gasteiger partial charge on any atom is -0.0696 e. The van der Waals surface area contributed by atoms with E-state index in [9.17, 15) is 0 Å². The number of rotatable bonds is 10. The van der Waals surface area contributed by atoms with Crippen LogP contribution in [0.3, 0.4) is 0 Å². The first kappa shape index (κ1) is 33.3. The van der Waals surface area contributed by atoms with Gasteiger partial charge in [-0.2, -0.15) is 0 Å². The van der Waals surface area contributed by atoms with Crippen molar-refractivity contribution in [3.8, 4) is 0 Å². The Morgan fingerprint density at radius 1 is 0.500 bits per heavy atom. The molecular weight excluding hydrogens is 480 g/mol. The summed E-state index contributed by atoms with van der Waals surface area (Å²) < 4.78 is 0. The molecule has 0 amide bonds. The van der Waals surface area contributed by atoms with Crippen LogP contribution in [-0.2, 0) is 0 Å². The first-order chi connectivity index (χ1) is 18.8. The van der Waals surface area contributed by atoms with Crippen molar-refractivity contribution in [2.75, 3.05) is 0 Å². The summed E-state index contributed by atoms with van der Waals surface area (Å²) in [5, 5.41) is 0. The highest BCUT2D eigenvalue weighted by atomic mass is 14.3. The molecule has 2 aliphatic carbocycles. The number of hydrogen-bond donors (Lipinski definition) is 0. The van der Waals surface area contributed by atoms with Gasteiger partial charge in [-0.25, -0.2) is 0 Å².